The molecule has 0 aliphatic carbocycles. The van der Waals surface area contributed by atoms with E-state index in [1.807, 2.05) is 18.2 Å². The fraction of sp³-hybridized carbons (Fsp3) is 0.370. The maximum absolute atomic E-state index is 14.2. The van der Waals surface area contributed by atoms with Crippen LogP contribution >= 0.6 is 0 Å². The number of para-hydroxylation sites is 1. The third kappa shape index (κ3) is 5.21. The van der Waals surface area contributed by atoms with Crippen molar-refractivity contribution in [2.45, 2.75) is 45.6 Å². The monoisotopic (exact) mass is 476 g/mol. The van der Waals surface area contributed by atoms with E-state index < -0.39 is 5.82 Å². The lowest BCUT2D eigenvalue weighted by Gasteiger charge is -2.14. The van der Waals surface area contributed by atoms with Gasteiger partial charge in [0.2, 0.25) is 0 Å². The van der Waals surface area contributed by atoms with Crippen LogP contribution in [0.4, 0.5) is 15.9 Å². The SMILES string of the molecule is CCCCc1nc2c(N)nc3ccccc3c2n1CCCCNC(=O)c1ccc(N(C)C)c(F)c1. The highest BCUT2D eigenvalue weighted by atomic mass is 19.1. The van der Waals surface area contributed by atoms with Gasteiger partial charge in [0.05, 0.1) is 16.7 Å². The lowest BCUT2D eigenvalue weighted by molar-refractivity contribution is 0.0952. The molecule has 0 aliphatic heterocycles. The number of aromatic nitrogens is 3. The molecule has 0 bridgehead atoms. The molecule has 7 nitrogen and oxygen atoms in total. The quantitative estimate of drug-likeness (QED) is 0.317. The van der Waals surface area contributed by atoms with Gasteiger partial charge in [-0.05, 0) is 43.5 Å². The summed E-state index contributed by atoms with van der Waals surface area (Å²) >= 11 is 0. The Morgan fingerprint density at radius 1 is 1.11 bits per heavy atom. The summed E-state index contributed by atoms with van der Waals surface area (Å²) in [4.78, 5) is 23.6. The molecule has 0 saturated carbocycles. The van der Waals surface area contributed by atoms with Gasteiger partial charge in [-0.2, -0.15) is 0 Å². The predicted molar refractivity (Wildman–Crippen MR) is 140 cm³/mol. The highest BCUT2D eigenvalue weighted by Crippen LogP contribution is 2.29. The second-order valence-electron chi connectivity index (χ2n) is 9.02. The molecule has 0 saturated heterocycles. The molecule has 1 amide bonds. The number of pyridine rings is 1. The molecule has 2 heterocycles. The minimum absolute atomic E-state index is 0.268. The molecule has 2 aromatic carbocycles. The van der Waals surface area contributed by atoms with E-state index >= 15 is 0 Å². The van der Waals surface area contributed by atoms with Crippen molar-refractivity contribution in [1.29, 1.82) is 0 Å². The maximum Gasteiger partial charge on any atom is 0.251 e. The van der Waals surface area contributed by atoms with Crippen LogP contribution in [-0.4, -0.2) is 41.1 Å². The van der Waals surface area contributed by atoms with E-state index in [1.165, 1.54) is 6.07 Å². The van der Waals surface area contributed by atoms with E-state index in [0.29, 0.717) is 23.6 Å². The van der Waals surface area contributed by atoms with Crippen LogP contribution in [-0.2, 0) is 13.0 Å². The number of nitrogen functional groups attached to an aromatic ring is 1. The second kappa shape index (κ2) is 10.7. The number of nitrogens with zero attached hydrogens (tertiary/aromatic N) is 4. The number of anilines is 2. The van der Waals surface area contributed by atoms with Crippen LogP contribution in [0.2, 0.25) is 0 Å². The summed E-state index contributed by atoms with van der Waals surface area (Å²) < 4.78 is 16.5. The lowest BCUT2D eigenvalue weighted by atomic mass is 10.1. The average molecular weight is 477 g/mol. The minimum atomic E-state index is -0.407. The summed E-state index contributed by atoms with van der Waals surface area (Å²) in [6.07, 6.45) is 4.66. The number of imidazole rings is 1. The fourth-order valence-electron chi connectivity index (χ4n) is 4.38. The lowest BCUT2D eigenvalue weighted by Crippen LogP contribution is -2.25. The van der Waals surface area contributed by atoms with Crippen LogP contribution in [0.1, 0.15) is 48.8 Å². The largest absolute Gasteiger partial charge is 0.382 e. The van der Waals surface area contributed by atoms with Gasteiger partial charge in [0.25, 0.3) is 5.91 Å². The molecule has 4 rings (SSSR count). The number of unbranched alkanes of at least 4 members (excludes halogenated alkanes) is 2. The highest BCUT2D eigenvalue weighted by molar-refractivity contribution is 6.06. The first-order valence-electron chi connectivity index (χ1n) is 12.2. The first-order chi connectivity index (χ1) is 16.9. The fourth-order valence-corrected chi connectivity index (χ4v) is 4.38. The van der Waals surface area contributed by atoms with Crippen molar-refractivity contribution in [1.82, 2.24) is 19.9 Å². The molecule has 3 N–H and O–H groups in total. The molecular weight excluding hydrogens is 443 g/mol. The summed E-state index contributed by atoms with van der Waals surface area (Å²) in [7, 11) is 3.53. The van der Waals surface area contributed by atoms with E-state index in [4.69, 9.17) is 10.7 Å². The van der Waals surface area contributed by atoms with Crippen LogP contribution in [0.15, 0.2) is 42.5 Å². The molecule has 0 spiro atoms. The number of benzene rings is 2. The topological polar surface area (TPSA) is 89.1 Å². The molecule has 8 heteroatoms. The Morgan fingerprint density at radius 3 is 2.66 bits per heavy atom. The molecule has 0 atom stereocenters. The van der Waals surface area contributed by atoms with Crippen molar-refractivity contribution in [3.63, 3.8) is 0 Å². The van der Waals surface area contributed by atoms with Crippen molar-refractivity contribution in [2.24, 2.45) is 0 Å². The van der Waals surface area contributed by atoms with Gasteiger partial charge in [-0.1, -0.05) is 31.5 Å². The van der Waals surface area contributed by atoms with Crippen molar-refractivity contribution < 1.29 is 9.18 Å². The van der Waals surface area contributed by atoms with Gasteiger partial charge in [-0.25, -0.2) is 14.4 Å². The first kappa shape index (κ1) is 24.4. The minimum Gasteiger partial charge on any atom is -0.382 e. The molecule has 184 valence electrons. The highest BCUT2D eigenvalue weighted by Gasteiger charge is 2.17. The third-order valence-electron chi connectivity index (χ3n) is 6.23. The number of nitrogens with two attached hydrogens (primary N) is 1. The third-order valence-corrected chi connectivity index (χ3v) is 6.23. The number of aryl methyl sites for hydroxylation is 2. The van der Waals surface area contributed by atoms with Crippen molar-refractivity contribution in [3.8, 4) is 0 Å². The Labute approximate surface area is 205 Å². The van der Waals surface area contributed by atoms with Gasteiger partial charge in [-0.15, -0.1) is 0 Å². The Kier molecular flexibility index (Phi) is 7.48. The Balaban J connectivity index is 1.45. The number of nitrogens with one attached hydrogen (secondary N) is 1. The van der Waals surface area contributed by atoms with Crippen molar-refractivity contribution in [2.75, 3.05) is 31.3 Å². The van der Waals surface area contributed by atoms with Crippen LogP contribution in [0.25, 0.3) is 21.9 Å². The van der Waals surface area contributed by atoms with E-state index in [1.54, 1.807) is 31.1 Å². The Hall–Kier alpha value is -3.68. The zero-order valence-electron chi connectivity index (χ0n) is 20.6. The van der Waals surface area contributed by atoms with Crippen LogP contribution in [0.3, 0.4) is 0 Å². The zero-order valence-corrected chi connectivity index (χ0v) is 20.6. The molecule has 0 radical (unpaired) electrons. The summed E-state index contributed by atoms with van der Waals surface area (Å²) in [5, 5.41) is 3.95. The zero-order chi connectivity index (χ0) is 24.9. The average Bonchev–Trinajstić information content (AvgIpc) is 3.21. The summed E-state index contributed by atoms with van der Waals surface area (Å²) in [5.74, 6) is 0.799. The molecule has 2 aromatic heterocycles. The van der Waals surface area contributed by atoms with Crippen LogP contribution in [0, 0.1) is 5.82 Å². The van der Waals surface area contributed by atoms with Crippen LogP contribution in [0.5, 0.6) is 0 Å². The molecule has 4 aromatic rings. The number of hydrogen-bond donors (Lipinski definition) is 2. The number of amides is 1. The maximum atomic E-state index is 14.2. The number of fused-ring (bicyclic) bond motifs is 3. The number of hydrogen-bond acceptors (Lipinski definition) is 5. The van der Waals surface area contributed by atoms with Gasteiger partial charge >= 0.3 is 0 Å². The Bertz CT molecular complexity index is 1350. The molecule has 0 unspecified atom stereocenters. The van der Waals surface area contributed by atoms with Crippen LogP contribution < -0.4 is 16.0 Å². The molecule has 0 fully saturated rings. The number of carbonyl (C=O) groups is 1. The van der Waals surface area contributed by atoms with Gasteiger partial charge in [0, 0.05) is 44.6 Å². The van der Waals surface area contributed by atoms with Crippen molar-refractivity contribution in [3.05, 3.63) is 59.7 Å². The van der Waals surface area contributed by atoms with Gasteiger partial charge in [-0.3, -0.25) is 4.79 Å². The number of halogens is 1. The Morgan fingerprint density at radius 2 is 1.91 bits per heavy atom. The second-order valence-corrected chi connectivity index (χ2v) is 9.02. The van der Waals surface area contributed by atoms with E-state index in [2.05, 4.69) is 27.9 Å². The smallest absolute Gasteiger partial charge is 0.251 e. The number of rotatable bonds is 10. The predicted octanol–water partition coefficient (Wildman–Crippen LogP) is 4.92. The normalized spacial score (nSPS) is 11.3. The first-order valence-corrected chi connectivity index (χ1v) is 12.2. The van der Waals surface area contributed by atoms with Gasteiger partial charge in [0.1, 0.15) is 17.2 Å². The standard InChI is InChI=1S/C27H33FN6O/c1-4-5-12-23-32-24-25(19-10-6-7-11-21(19)31-26(24)29)34(23)16-9-8-15-30-27(35)18-13-14-22(33(2)3)20(28)17-18/h6-7,10-11,13-14,17H,4-5,8-9,12,15-16H2,1-3H3,(H2,29,31)(H,30,35). The van der Waals surface area contributed by atoms with Crippen molar-refractivity contribution >= 4 is 39.3 Å². The van der Waals surface area contributed by atoms with Gasteiger partial charge in [0.15, 0.2) is 5.82 Å². The number of carbonyl (C=O) groups excluding carboxylic acids is 1. The summed E-state index contributed by atoms with van der Waals surface area (Å²) in [5.41, 5.74) is 9.69. The van der Waals surface area contributed by atoms with Gasteiger partial charge < -0.3 is 20.5 Å². The summed E-state index contributed by atoms with van der Waals surface area (Å²) in [6.45, 7) is 3.45. The summed E-state index contributed by atoms with van der Waals surface area (Å²) in [6, 6.07) is 12.6. The van der Waals surface area contributed by atoms with E-state index in [0.717, 1.165) is 66.4 Å². The molecular formula is C27H33FN6O. The van der Waals surface area contributed by atoms with E-state index in [-0.39, 0.29) is 5.91 Å². The molecule has 35 heavy (non-hydrogen) atoms. The van der Waals surface area contributed by atoms with E-state index in [9.17, 15) is 9.18 Å². The molecule has 0 aliphatic rings.